The van der Waals surface area contributed by atoms with E-state index in [0.717, 1.165) is 22.3 Å². The molecule has 0 bridgehead atoms. The molecule has 0 atom stereocenters. The van der Waals surface area contributed by atoms with Crippen molar-refractivity contribution in [3.05, 3.63) is 77.9 Å². The van der Waals surface area contributed by atoms with Gasteiger partial charge in [0.15, 0.2) is 5.82 Å². The molecule has 1 amide bonds. The summed E-state index contributed by atoms with van der Waals surface area (Å²) < 4.78 is 1.72. The van der Waals surface area contributed by atoms with E-state index in [0.29, 0.717) is 24.3 Å². The van der Waals surface area contributed by atoms with Crippen LogP contribution in [0.4, 0.5) is 0 Å². The maximum Gasteiger partial charge on any atom is 0.255 e. The molecule has 6 heteroatoms. The van der Waals surface area contributed by atoms with Gasteiger partial charge >= 0.3 is 0 Å². The summed E-state index contributed by atoms with van der Waals surface area (Å²) in [5.41, 5.74) is 3.45. The Morgan fingerprint density at radius 1 is 1.19 bits per heavy atom. The van der Waals surface area contributed by atoms with Crippen LogP contribution in [-0.4, -0.2) is 25.7 Å². The number of H-pyrrole nitrogens is 1. The largest absolute Gasteiger partial charge is 0.357 e. The average Bonchev–Trinajstić information content (AvgIpc) is 3.30. The Labute approximate surface area is 150 Å². The van der Waals surface area contributed by atoms with E-state index in [1.54, 1.807) is 17.1 Å². The summed E-state index contributed by atoms with van der Waals surface area (Å²) in [7, 11) is 0. The number of aromatic nitrogens is 4. The van der Waals surface area contributed by atoms with Crippen molar-refractivity contribution in [3.8, 4) is 5.82 Å². The monoisotopic (exact) mass is 345 g/mol. The van der Waals surface area contributed by atoms with Crippen molar-refractivity contribution in [3.63, 3.8) is 0 Å². The lowest BCUT2D eigenvalue weighted by molar-refractivity contribution is 0.0949. The molecule has 0 spiro atoms. The Morgan fingerprint density at radius 3 is 2.81 bits per heavy atom. The Hall–Kier alpha value is -3.41. The molecule has 2 N–H and O–H groups in total. The lowest BCUT2D eigenvalue weighted by Gasteiger charge is -2.07. The van der Waals surface area contributed by atoms with E-state index in [2.05, 4.69) is 20.4 Å². The van der Waals surface area contributed by atoms with Crippen molar-refractivity contribution in [2.75, 3.05) is 0 Å². The summed E-state index contributed by atoms with van der Waals surface area (Å²) in [4.78, 5) is 20.3. The molecule has 26 heavy (non-hydrogen) atoms. The third-order valence-electron chi connectivity index (χ3n) is 4.34. The smallest absolute Gasteiger partial charge is 0.255 e. The van der Waals surface area contributed by atoms with Crippen molar-refractivity contribution in [1.29, 1.82) is 0 Å². The van der Waals surface area contributed by atoms with Crippen LogP contribution < -0.4 is 5.32 Å². The number of carbonyl (C=O) groups excluding carboxylic acids is 1. The molecule has 0 fully saturated rings. The second-order valence-electron chi connectivity index (χ2n) is 6.02. The number of amides is 1. The van der Waals surface area contributed by atoms with Gasteiger partial charge in [0.25, 0.3) is 5.91 Å². The highest BCUT2D eigenvalue weighted by Gasteiger charge is 2.17. The highest BCUT2D eigenvalue weighted by Crippen LogP contribution is 2.16. The average molecular weight is 345 g/mol. The standard InChI is InChI=1S/C20H19N5O/c1-2-18-16(13-23-25(18)19-9-5-6-10-21-19)20(26)22-12-15-11-14-7-3-4-8-17(14)24-15/h3-11,13,24H,2,12H2,1H3,(H,22,26). The van der Waals surface area contributed by atoms with Gasteiger partial charge in [-0.1, -0.05) is 31.2 Å². The van der Waals surface area contributed by atoms with Gasteiger partial charge in [-0.3, -0.25) is 4.79 Å². The fourth-order valence-corrected chi connectivity index (χ4v) is 3.08. The summed E-state index contributed by atoms with van der Waals surface area (Å²) in [5.74, 6) is 0.571. The van der Waals surface area contributed by atoms with Crippen molar-refractivity contribution < 1.29 is 4.79 Å². The van der Waals surface area contributed by atoms with Crippen LogP contribution in [-0.2, 0) is 13.0 Å². The van der Waals surface area contributed by atoms with Gasteiger partial charge in [-0.2, -0.15) is 5.10 Å². The van der Waals surface area contributed by atoms with Crippen LogP contribution in [0, 0.1) is 0 Å². The highest BCUT2D eigenvalue weighted by molar-refractivity contribution is 5.95. The number of nitrogens with one attached hydrogen (secondary N) is 2. The second-order valence-corrected chi connectivity index (χ2v) is 6.02. The summed E-state index contributed by atoms with van der Waals surface area (Å²) >= 11 is 0. The van der Waals surface area contributed by atoms with Gasteiger partial charge in [0, 0.05) is 17.4 Å². The predicted molar refractivity (Wildman–Crippen MR) is 100 cm³/mol. The molecule has 4 aromatic rings. The van der Waals surface area contributed by atoms with Crippen LogP contribution in [0.15, 0.2) is 60.9 Å². The van der Waals surface area contributed by atoms with E-state index >= 15 is 0 Å². The Morgan fingerprint density at radius 2 is 2.04 bits per heavy atom. The second kappa shape index (κ2) is 6.84. The minimum atomic E-state index is -0.136. The third kappa shape index (κ3) is 2.97. The Kier molecular flexibility index (Phi) is 4.23. The summed E-state index contributed by atoms with van der Waals surface area (Å²) in [6.07, 6.45) is 4.01. The van der Waals surface area contributed by atoms with Gasteiger partial charge in [0.2, 0.25) is 0 Å². The number of benzene rings is 1. The topological polar surface area (TPSA) is 75.6 Å². The maximum absolute atomic E-state index is 12.7. The number of fused-ring (bicyclic) bond motifs is 1. The van der Waals surface area contributed by atoms with E-state index in [1.807, 2.05) is 55.5 Å². The molecule has 4 rings (SSSR count). The Bertz CT molecular complexity index is 1020. The molecule has 130 valence electrons. The zero-order valence-electron chi connectivity index (χ0n) is 14.4. The maximum atomic E-state index is 12.7. The summed E-state index contributed by atoms with van der Waals surface area (Å²) in [6, 6.07) is 15.7. The van der Waals surface area contributed by atoms with E-state index < -0.39 is 0 Å². The van der Waals surface area contributed by atoms with Crippen LogP contribution in [0.2, 0.25) is 0 Å². The van der Waals surface area contributed by atoms with Gasteiger partial charge in [0.1, 0.15) is 0 Å². The van der Waals surface area contributed by atoms with Crippen molar-refractivity contribution >= 4 is 16.8 Å². The first-order chi connectivity index (χ1) is 12.8. The van der Waals surface area contributed by atoms with Gasteiger partial charge in [-0.15, -0.1) is 0 Å². The zero-order chi connectivity index (χ0) is 17.9. The van der Waals surface area contributed by atoms with Crippen LogP contribution in [0.25, 0.3) is 16.7 Å². The fraction of sp³-hybridized carbons (Fsp3) is 0.150. The first kappa shape index (κ1) is 16.1. The highest BCUT2D eigenvalue weighted by atomic mass is 16.1. The molecular formula is C20H19N5O. The number of pyridine rings is 1. The van der Waals surface area contributed by atoms with Crippen LogP contribution >= 0.6 is 0 Å². The molecular weight excluding hydrogens is 326 g/mol. The minimum Gasteiger partial charge on any atom is -0.357 e. The molecule has 0 saturated heterocycles. The van der Waals surface area contributed by atoms with E-state index in [4.69, 9.17) is 0 Å². The normalized spacial score (nSPS) is 11.0. The molecule has 0 radical (unpaired) electrons. The summed E-state index contributed by atoms with van der Waals surface area (Å²) in [6.45, 7) is 2.44. The Balaban J connectivity index is 1.54. The number of carbonyl (C=O) groups is 1. The first-order valence-electron chi connectivity index (χ1n) is 8.59. The van der Waals surface area contributed by atoms with Gasteiger partial charge in [-0.05, 0) is 36.1 Å². The van der Waals surface area contributed by atoms with Gasteiger partial charge < -0.3 is 10.3 Å². The van der Waals surface area contributed by atoms with E-state index in [1.165, 1.54) is 0 Å². The predicted octanol–water partition coefficient (Wildman–Crippen LogP) is 3.24. The van der Waals surface area contributed by atoms with Crippen molar-refractivity contribution in [1.82, 2.24) is 25.1 Å². The molecule has 0 saturated carbocycles. The van der Waals surface area contributed by atoms with E-state index in [9.17, 15) is 4.79 Å². The summed E-state index contributed by atoms with van der Waals surface area (Å²) in [5, 5.41) is 8.46. The SMILES string of the molecule is CCc1c(C(=O)NCc2cc3ccccc3[nH]2)cnn1-c1ccccn1. The van der Waals surface area contributed by atoms with Gasteiger partial charge in [-0.25, -0.2) is 9.67 Å². The molecule has 0 aliphatic carbocycles. The first-order valence-corrected chi connectivity index (χ1v) is 8.59. The van der Waals surface area contributed by atoms with Gasteiger partial charge in [0.05, 0.1) is 24.0 Å². The van der Waals surface area contributed by atoms with E-state index in [-0.39, 0.29) is 5.91 Å². The molecule has 0 unspecified atom stereocenters. The molecule has 1 aromatic carbocycles. The van der Waals surface area contributed by atoms with Crippen LogP contribution in [0.5, 0.6) is 0 Å². The lowest BCUT2D eigenvalue weighted by atomic mass is 10.2. The molecule has 3 heterocycles. The third-order valence-corrected chi connectivity index (χ3v) is 4.34. The number of para-hydroxylation sites is 1. The number of hydrogen-bond donors (Lipinski definition) is 2. The van der Waals surface area contributed by atoms with Crippen LogP contribution in [0.1, 0.15) is 28.7 Å². The quantitative estimate of drug-likeness (QED) is 0.583. The van der Waals surface area contributed by atoms with Crippen molar-refractivity contribution in [2.24, 2.45) is 0 Å². The number of rotatable bonds is 5. The molecule has 3 aromatic heterocycles. The van der Waals surface area contributed by atoms with Crippen molar-refractivity contribution in [2.45, 2.75) is 19.9 Å². The fourth-order valence-electron chi connectivity index (χ4n) is 3.08. The zero-order valence-corrected chi connectivity index (χ0v) is 14.4. The minimum absolute atomic E-state index is 0.136. The lowest BCUT2D eigenvalue weighted by Crippen LogP contribution is -2.24. The van der Waals surface area contributed by atoms with Crippen LogP contribution in [0.3, 0.4) is 0 Å². The number of aromatic amines is 1. The molecule has 0 aliphatic heterocycles. The molecule has 0 aliphatic rings. The molecule has 6 nitrogen and oxygen atoms in total. The number of nitrogens with zero attached hydrogens (tertiary/aromatic N) is 3. The number of hydrogen-bond acceptors (Lipinski definition) is 3.